The number of piperidine rings is 1. The molecule has 1 saturated heterocycles. The molecule has 3 aliphatic rings. The molecule has 1 aromatic rings. The summed E-state index contributed by atoms with van der Waals surface area (Å²) in [7, 11) is 0. The number of hydrogen-bond donors (Lipinski definition) is 1. The van der Waals surface area contributed by atoms with E-state index in [0.717, 1.165) is 12.1 Å². The quantitative estimate of drug-likeness (QED) is 0.478. The molecule has 4 rings (SSSR count). The number of rotatable bonds is 7. The monoisotopic (exact) mass is 610 g/mol. The third kappa shape index (κ3) is 7.01. The molecule has 10 nitrogen and oxygen atoms in total. The number of nitrogens with zero attached hydrogens (tertiary/aromatic N) is 3. The summed E-state index contributed by atoms with van der Waals surface area (Å²) >= 11 is 0. The Hall–Kier alpha value is -3.51. The van der Waals surface area contributed by atoms with Crippen LogP contribution in [0.4, 0.5) is 23.7 Å². The highest BCUT2D eigenvalue weighted by atomic mass is 19.4. The largest absolute Gasteiger partial charge is 0.475 e. The lowest BCUT2D eigenvalue weighted by molar-refractivity contribution is -0.138. The molecule has 1 N–H and O–H groups in total. The number of likely N-dealkylation sites (tertiary alicyclic amines) is 1. The van der Waals surface area contributed by atoms with Crippen LogP contribution in [0.5, 0.6) is 5.75 Å². The molecule has 2 aliphatic heterocycles. The molecule has 0 radical (unpaired) electrons. The molecule has 1 unspecified atom stereocenters. The van der Waals surface area contributed by atoms with E-state index < -0.39 is 58.5 Å². The van der Waals surface area contributed by atoms with Crippen LogP contribution in [0.25, 0.3) is 0 Å². The summed E-state index contributed by atoms with van der Waals surface area (Å²) < 4.78 is 54.8. The number of halogens is 3. The Morgan fingerprint density at radius 2 is 1.86 bits per heavy atom. The Balaban J connectivity index is 1.71. The summed E-state index contributed by atoms with van der Waals surface area (Å²) in [5.41, 5.74) is -3.68. The van der Waals surface area contributed by atoms with Crippen LogP contribution in [0.15, 0.2) is 12.1 Å². The van der Waals surface area contributed by atoms with Crippen molar-refractivity contribution >= 4 is 29.5 Å². The minimum atomic E-state index is -4.89. The number of ether oxygens (including phenoxy) is 2. The van der Waals surface area contributed by atoms with E-state index in [9.17, 15) is 32.3 Å². The summed E-state index contributed by atoms with van der Waals surface area (Å²) in [5, 5.41) is 2.68. The number of fused-ring (bicyclic) bond motifs is 1. The molecule has 43 heavy (non-hydrogen) atoms. The van der Waals surface area contributed by atoms with Gasteiger partial charge in [0.1, 0.15) is 11.4 Å². The number of nitrogens with one attached hydrogen (secondary N) is 1. The van der Waals surface area contributed by atoms with Crippen molar-refractivity contribution in [3.8, 4) is 5.75 Å². The summed E-state index contributed by atoms with van der Waals surface area (Å²) in [5.74, 6) is -1.64. The Labute approximate surface area is 249 Å². The number of anilines is 1. The van der Waals surface area contributed by atoms with Crippen molar-refractivity contribution in [1.82, 2.24) is 15.1 Å². The van der Waals surface area contributed by atoms with Gasteiger partial charge >= 0.3 is 12.3 Å². The standard InChI is InChI=1S/C30H41F3N4O6/c1-7-24(38)34-12-14-36-22-15-20(21(30(31,32)33)16-23(22)42-29(10-11-29)26(36)40)25(39)37(18(2)3)19-9-8-13-35(17-19)27(41)43-28(4,5)6/h15-16,18-19H,7-14,17H2,1-6H3,(H,34,38). The molecular formula is C30H41F3N4O6. The molecule has 2 fully saturated rings. The third-order valence-corrected chi connectivity index (χ3v) is 7.78. The van der Waals surface area contributed by atoms with Crippen molar-refractivity contribution in [1.29, 1.82) is 0 Å². The van der Waals surface area contributed by atoms with Crippen molar-refractivity contribution < 1.29 is 41.8 Å². The van der Waals surface area contributed by atoms with Gasteiger partial charge in [-0.3, -0.25) is 14.4 Å². The lowest BCUT2D eigenvalue weighted by atomic mass is 9.97. The van der Waals surface area contributed by atoms with E-state index in [2.05, 4.69) is 5.32 Å². The van der Waals surface area contributed by atoms with Crippen LogP contribution >= 0.6 is 0 Å². The fourth-order valence-corrected chi connectivity index (χ4v) is 5.60. The van der Waals surface area contributed by atoms with Gasteiger partial charge in [-0.05, 0) is 59.6 Å². The minimum absolute atomic E-state index is 0.00302. The molecule has 1 spiro atoms. The van der Waals surface area contributed by atoms with E-state index in [1.54, 1.807) is 41.5 Å². The molecule has 1 aromatic carbocycles. The zero-order valence-corrected chi connectivity index (χ0v) is 25.6. The Morgan fingerprint density at radius 1 is 1.19 bits per heavy atom. The normalized spacial score (nSPS) is 19.6. The van der Waals surface area contributed by atoms with E-state index in [4.69, 9.17) is 9.47 Å². The summed E-state index contributed by atoms with van der Waals surface area (Å²) in [6, 6.07) is 0.832. The predicted molar refractivity (Wildman–Crippen MR) is 152 cm³/mol. The first kappa shape index (κ1) is 32.4. The number of alkyl halides is 3. The van der Waals surface area contributed by atoms with Crippen LogP contribution in [0.3, 0.4) is 0 Å². The van der Waals surface area contributed by atoms with Crippen molar-refractivity contribution in [2.45, 2.75) is 103 Å². The third-order valence-electron chi connectivity index (χ3n) is 7.78. The van der Waals surface area contributed by atoms with Crippen LogP contribution in [-0.4, -0.2) is 83.1 Å². The maximum absolute atomic E-state index is 14.5. The highest BCUT2D eigenvalue weighted by Gasteiger charge is 2.58. The zero-order valence-electron chi connectivity index (χ0n) is 25.6. The van der Waals surface area contributed by atoms with Gasteiger partial charge in [0.25, 0.3) is 11.8 Å². The molecule has 0 aromatic heterocycles. The summed E-state index contributed by atoms with van der Waals surface area (Å²) in [6.45, 7) is 10.9. The topological polar surface area (TPSA) is 108 Å². The fourth-order valence-electron chi connectivity index (χ4n) is 5.60. The maximum Gasteiger partial charge on any atom is 0.417 e. The SMILES string of the molecule is CCC(=O)NCCN1C(=O)C2(CC2)Oc2cc(C(F)(F)F)c(C(=O)N(C(C)C)C3CCCN(C(=O)OC(C)(C)C)C3)cc21. The van der Waals surface area contributed by atoms with Gasteiger partial charge in [-0.1, -0.05) is 6.92 Å². The van der Waals surface area contributed by atoms with Crippen LogP contribution in [0, 0.1) is 0 Å². The molecule has 13 heteroatoms. The average molecular weight is 611 g/mol. The van der Waals surface area contributed by atoms with Crippen LogP contribution < -0.4 is 15.0 Å². The van der Waals surface area contributed by atoms with Crippen molar-refractivity contribution in [2.75, 3.05) is 31.1 Å². The van der Waals surface area contributed by atoms with Gasteiger partial charge in [0.15, 0.2) is 5.60 Å². The highest BCUT2D eigenvalue weighted by molar-refractivity contribution is 6.06. The highest BCUT2D eigenvalue weighted by Crippen LogP contribution is 2.51. The van der Waals surface area contributed by atoms with Crippen LogP contribution in [-0.2, 0) is 20.5 Å². The second-order valence-corrected chi connectivity index (χ2v) is 12.6. The predicted octanol–water partition coefficient (Wildman–Crippen LogP) is 4.74. The van der Waals surface area contributed by atoms with Gasteiger partial charge in [0.2, 0.25) is 5.91 Å². The van der Waals surface area contributed by atoms with E-state index >= 15 is 0 Å². The van der Waals surface area contributed by atoms with E-state index in [0.29, 0.717) is 32.2 Å². The number of amides is 4. The Bertz CT molecular complexity index is 1270. The molecule has 238 valence electrons. The lowest BCUT2D eigenvalue weighted by Crippen LogP contribution is -2.54. The Morgan fingerprint density at radius 3 is 2.42 bits per heavy atom. The number of hydrogen-bond acceptors (Lipinski definition) is 6. The second-order valence-electron chi connectivity index (χ2n) is 12.6. The molecule has 4 amide bonds. The molecule has 1 saturated carbocycles. The van der Waals surface area contributed by atoms with E-state index in [1.807, 2.05) is 0 Å². The summed E-state index contributed by atoms with van der Waals surface area (Å²) in [4.78, 5) is 56.2. The van der Waals surface area contributed by atoms with Gasteiger partial charge in [0, 0.05) is 51.5 Å². The van der Waals surface area contributed by atoms with Gasteiger partial charge < -0.3 is 29.5 Å². The van der Waals surface area contributed by atoms with Crippen LogP contribution in [0.1, 0.15) is 89.6 Å². The smallest absolute Gasteiger partial charge is 0.417 e. The molecule has 1 aliphatic carbocycles. The fraction of sp³-hybridized carbons (Fsp3) is 0.667. The van der Waals surface area contributed by atoms with Crippen LogP contribution in [0.2, 0.25) is 0 Å². The molecule has 0 bridgehead atoms. The lowest BCUT2D eigenvalue weighted by Gasteiger charge is -2.42. The maximum atomic E-state index is 14.5. The molecule has 2 heterocycles. The van der Waals surface area contributed by atoms with Gasteiger partial charge in [0.05, 0.1) is 22.9 Å². The Kier molecular flexibility index (Phi) is 8.95. The number of carbonyl (C=O) groups excluding carboxylic acids is 4. The van der Waals surface area contributed by atoms with Gasteiger partial charge in [-0.25, -0.2) is 4.79 Å². The number of carbonyl (C=O) groups is 4. The average Bonchev–Trinajstić information content (AvgIpc) is 3.68. The first-order valence-electron chi connectivity index (χ1n) is 14.8. The zero-order chi connectivity index (χ0) is 31.9. The summed E-state index contributed by atoms with van der Waals surface area (Å²) in [6.07, 6.45) is -3.44. The minimum Gasteiger partial charge on any atom is -0.475 e. The first-order chi connectivity index (χ1) is 20.0. The van der Waals surface area contributed by atoms with Crippen molar-refractivity contribution in [2.24, 2.45) is 0 Å². The first-order valence-corrected chi connectivity index (χ1v) is 14.8. The van der Waals surface area contributed by atoms with Gasteiger partial charge in [-0.2, -0.15) is 13.2 Å². The molecule has 1 atom stereocenters. The van der Waals surface area contributed by atoms with E-state index in [1.165, 1.54) is 14.7 Å². The second kappa shape index (κ2) is 11.9. The number of benzene rings is 1. The van der Waals surface area contributed by atoms with Crippen molar-refractivity contribution in [3.05, 3.63) is 23.3 Å². The molecular weight excluding hydrogens is 569 g/mol. The van der Waals surface area contributed by atoms with Gasteiger partial charge in [-0.15, -0.1) is 0 Å². The van der Waals surface area contributed by atoms with Crippen molar-refractivity contribution in [3.63, 3.8) is 0 Å². The van der Waals surface area contributed by atoms with E-state index in [-0.39, 0.29) is 43.4 Å².